The van der Waals surface area contributed by atoms with Crippen LogP contribution >= 0.6 is 11.6 Å². The minimum Gasteiger partial charge on any atom is -0.329 e. The molecule has 0 radical (unpaired) electrons. The molecule has 1 aromatic carbocycles. The first kappa shape index (κ1) is 13.6. The summed E-state index contributed by atoms with van der Waals surface area (Å²) in [6, 6.07) is 5.56. The predicted octanol–water partition coefficient (Wildman–Crippen LogP) is 3.74. The van der Waals surface area contributed by atoms with E-state index in [9.17, 15) is 4.79 Å². The maximum Gasteiger partial charge on any atom is 0.170 e. The fourth-order valence-electron chi connectivity index (χ4n) is 2.79. The van der Waals surface area contributed by atoms with Crippen molar-refractivity contribution >= 4 is 17.4 Å². The van der Waals surface area contributed by atoms with Gasteiger partial charge < -0.3 is 5.73 Å². The molecule has 1 saturated carbocycles. The molecule has 0 atom stereocenters. The molecule has 1 aliphatic rings. The summed E-state index contributed by atoms with van der Waals surface area (Å²) in [7, 11) is 0. The summed E-state index contributed by atoms with van der Waals surface area (Å²) in [6.45, 7) is 2.38. The molecule has 2 N–H and O–H groups in total. The van der Waals surface area contributed by atoms with Gasteiger partial charge in [0.2, 0.25) is 0 Å². The Balaban J connectivity index is 2.30. The van der Waals surface area contributed by atoms with Crippen LogP contribution in [-0.2, 0) is 0 Å². The molecule has 3 heteroatoms. The maximum atomic E-state index is 12.7. The van der Waals surface area contributed by atoms with Crippen molar-refractivity contribution in [3.8, 4) is 0 Å². The van der Waals surface area contributed by atoms with Crippen molar-refractivity contribution in [3.63, 3.8) is 0 Å². The van der Waals surface area contributed by atoms with E-state index in [0.29, 0.717) is 17.1 Å². The zero-order chi connectivity index (χ0) is 13.2. The van der Waals surface area contributed by atoms with Crippen molar-refractivity contribution in [2.75, 3.05) is 6.54 Å². The van der Waals surface area contributed by atoms with Crippen LogP contribution in [-0.4, -0.2) is 12.3 Å². The zero-order valence-electron chi connectivity index (χ0n) is 10.8. The number of Topliss-reactive ketones (excluding diaryl/α,β-unsaturated/α-hetero) is 1. The summed E-state index contributed by atoms with van der Waals surface area (Å²) < 4.78 is 0. The second-order valence-electron chi connectivity index (χ2n) is 5.34. The van der Waals surface area contributed by atoms with E-state index in [2.05, 4.69) is 0 Å². The molecule has 0 aliphatic heterocycles. The van der Waals surface area contributed by atoms with Crippen LogP contribution in [0, 0.1) is 12.3 Å². The fraction of sp³-hybridized carbons (Fsp3) is 0.533. The lowest BCUT2D eigenvalue weighted by molar-refractivity contribution is 0.0729. The Kier molecular flexibility index (Phi) is 4.08. The molecule has 1 aromatic rings. The highest BCUT2D eigenvalue weighted by atomic mass is 35.5. The van der Waals surface area contributed by atoms with Crippen molar-refractivity contribution in [1.29, 1.82) is 0 Å². The highest BCUT2D eigenvalue weighted by Crippen LogP contribution is 2.38. The minimum atomic E-state index is -0.350. The molecule has 0 bridgehead atoms. The van der Waals surface area contributed by atoms with E-state index in [1.807, 2.05) is 19.1 Å². The van der Waals surface area contributed by atoms with Crippen LogP contribution in [0.4, 0.5) is 0 Å². The van der Waals surface area contributed by atoms with Crippen molar-refractivity contribution in [2.45, 2.75) is 39.0 Å². The number of ketones is 1. The van der Waals surface area contributed by atoms with Gasteiger partial charge in [0.15, 0.2) is 5.78 Å². The smallest absolute Gasteiger partial charge is 0.170 e. The van der Waals surface area contributed by atoms with Gasteiger partial charge in [-0.15, -0.1) is 0 Å². The molecule has 98 valence electrons. The van der Waals surface area contributed by atoms with Gasteiger partial charge >= 0.3 is 0 Å². The zero-order valence-corrected chi connectivity index (χ0v) is 11.6. The fourth-order valence-corrected chi connectivity index (χ4v) is 2.97. The lowest BCUT2D eigenvalue weighted by Crippen LogP contribution is -2.40. The molecule has 18 heavy (non-hydrogen) atoms. The lowest BCUT2D eigenvalue weighted by atomic mass is 9.69. The van der Waals surface area contributed by atoms with E-state index < -0.39 is 0 Å². The summed E-state index contributed by atoms with van der Waals surface area (Å²) >= 11 is 6.10. The number of hydrogen-bond acceptors (Lipinski definition) is 2. The molecule has 1 fully saturated rings. The number of carbonyl (C=O) groups excluding carboxylic acids is 1. The molecule has 2 rings (SSSR count). The van der Waals surface area contributed by atoms with Gasteiger partial charge in [-0.3, -0.25) is 4.79 Å². The van der Waals surface area contributed by atoms with Gasteiger partial charge in [-0.1, -0.05) is 43.0 Å². The third-order valence-electron chi connectivity index (χ3n) is 4.12. The minimum absolute atomic E-state index is 0.173. The van der Waals surface area contributed by atoms with Gasteiger partial charge in [-0.25, -0.2) is 0 Å². The molecule has 0 aromatic heterocycles. The molecule has 2 nitrogen and oxygen atoms in total. The van der Waals surface area contributed by atoms with Crippen LogP contribution in [0.25, 0.3) is 0 Å². The van der Waals surface area contributed by atoms with Gasteiger partial charge in [0, 0.05) is 22.5 Å². The Morgan fingerprint density at radius 1 is 1.33 bits per heavy atom. The number of carbonyl (C=O) groups is 1. The van der Waals surface area contributed by atoms with E-state index in [0.717, 1.165) is 31.2 Å². The first-order valence-electron chi connectivity index (χ1n) is 6.60. The van der Waals surface area contributed by atoms with Crippen LogP contribution in [0.2, 0.25) is 5.02 Å². The molecule has 0 heterocycles. The summed E-state index contributed by atoms with van der Waals surface area (Å²) in [6.07, 6.45) is 5.23. The van der Waals surface area contributed by atoms with Gasteiger partial charge in [0.25, 0.3) is 0 Å². The topological polar surface area (TPSA) is 43.1 Å². The summed E-state index contributed by atoms with van der Waals surface area (Å²) in [5.74, 6) is 0.173. The Morgan fingerprint density at radius 3 is 2.56 bits per heavy atom. The van der Waals surface area contributed by atoms with E-state index in [1.54, 1.807) is 6.07 Å². The summed E-state index contributed by atoms with van der Waals surface area (Å²) in [4.78, 5) is 12.7. The average molecular weight is 266 g/mol. The molecular weight excluding hydrogens is 246 g/mol. The first-order valence-corrected chi connectivity index (χ1v) is 6.98. The Hall–Kier alpha value is -0.860. The SMILES string of the molecule is Cc1ccc(C(=O)C2(CN)CCCCC2)cc1Cl. The standard InChI is InChI=1S/C15H20ClNO/c1-11-5-6-12(9-13(11)16)14(18)15(10-17)7-3-2-4-8-15/h5-6,9H,2-4,7-8,10,17H2,1H3. The number of halogens is 1. The number of nitrogens with two attached hydrogens (primary N) is 1. The average Bonchev–Trinajstić information content (AvgIpc) is 2.42. The second kappa shape index (κ2) is 5.41. The van der Waals surface area contributed by atoms with Gasteiger partial charge in [-0.05, 0) is 31.4 Å². The summed E-state index contributed by atoms with van der Waals surface area (Å²) in [5.41, 5.74) is 7.25. The number of aryl methyl sites for hydroxylation is 1. The van der Waals surface area contributed by atoms with Crippen LogP contribution in [0.15, 0.2) is 18.2 Å². The van der Waals surface area contributed by atoms with Crippen molar-refractivity contribution in [3.05, 3.63) is 34.3 Å². The molecule has 0 unspecified atom stereocenters. The lowest BCUT2D eigenvalue weighted by Gasteiger charge is -2.34. The third kappa shape index (κ3) is 2.45. The highest BCUT2D eigenvalue weighted by Gasteiger charge is 2.38. The molecule has 0 saturated heterocycles. The predicted molar refractivity (Wildman–Crippen MR) is 75.1 cm³/mol. The number of benzene rings is 1. The number of rotatable bonds is 3. The van der Waals surface area contributed by atoms with Gasteiger partial charge in [0.05, 0.1) is 0 Å². The van der Waals surface area contributed by atoms with Crippen molar-refractivity contribution in [1.82, 2.24) is 0 Å². The maximum absolute atomic E-state index is 12.7. The van der Waals surface area contributed by atoms with E-state index >= 15 is 0 Å². The quantitative estimate of drug-likeness (QED) is 0.846. The van der Waals surface area contributed by atoms with Crippen LogP contribution in [0.3, 0.4) is 0 Å². The monoisotopic (exact) mass is 265 g/mol. The molecular formula is C15H20ClNO. The molecule has 1 aliphatic carbocycles. The van der Waals surface area contributed by atoms with E-state index in [4.69, 9.17) is 17.3 Å². The summed E-state index contributed by atoms with van der Waals surface area (Å²) in [5, 5.41) is 0.656. The highest BCUT2D eigenvalue weighted by molar-refractivity contribution is 6.31. The Labute approximate surface area is 114 Å². The van der Waals surface area contributed by atoms with Crippen LogP contribution in [0.1, 0.15) is 48.0 Å². The Bertz CT molecular complexity index is 450. The number of hydrogen-bond donors (Lipinski definition) is 1. The second-order valence-corrected chi connectivity index (χ2v) is 5.75. The normalized spacial score (nSPS) is 18.6. The third-order valence-corrected chi connectivity index (χ3v) is 4.52. The van der Waals surface area contributed by atoms with E-state index in [-0.39, 0.29) is 11.2 Å². The van der Waals surface area contributed by atoms with Crippen molar-refractivity contribution in [2.24, 2.45) is 11.1 Å². The molecule has 0 amide bonds. The first-order chi connectivity index (χ1) is 8.59. The van der Waals surface area contributed by atoms with E-state index in [1.165, 1.54) is 6.42 Å². The van der Waals surface area contributed by atoms with Gasteiger partial charge in [0.1, 0.15) is 0 Å². The van der Waals surface area contributed by atoms with Gasteiger partial charge in [-0.2, -0.15) is 0 Å². The van der Waals surface area contributed by atoms with Crippen LogP contribution < -0.4 is 5.73 Å². The molecule has 0 spiro atoms. The van der Waals surface area contributed by atoms with Crippen molar-refractivity contribution < 1.29 is 4.79 Å². The Morgan fingerprint density at radius 2 is 2.00 bits per heavy atom. The largest absolute Gasteiger partial charge is 0.329 e. The van der Waals surface area contributed by atoms with Crippen LogP contribution in [0.5, 0.6) is 0 Å².